The Bertz CT molecular complexity index is 1260. The minimum Gasteiger partial charge on any atom is -0.468 e. The highest BCUT2D eigenvalue weighted by Gasteiger charge is 2.40. The molecule has 1 atom stereocenters. The molecule has 0 spiro atoms. The zero-order chi connectivity index (χ0) is 21.3. The first-order valence-electron chi connectivity index (χ1n) is 9.21. The second-order valence-electron chi connectivity index (χ2n) is 6.67. The Kier molecular flexibility index (Phi) is 5.87. The number of hydrogen-bond acceptors (Lipinski definition) is 7. The predicted molar refractivity (Wildman–Crippen MR) is 114 cm³/mol. The fourth-order valence-electron chi connectivity index (χ4n) is 3.42. The van der Waals surface area contributed by atoms with E-state index in [0.29, 0.717) is 17.6 Å². The monoisotopic (exact) mass is 465 g/mol. The van der Waals surface area contributed by atoms with Crippen LogP contribution in [0.4, 0.5) is 0 Å². The van der Waals surface area contributed by atoms with Crippen LogP contribution in [0.2, 0.25) is 0 Å². The van der Waals surface area contributed by atoms with Crippen LogP contribution in [0.3, 0.4) is 0 Å². The fourth-order valence-corrected chi connectivity index (χ4v) is 7.23. The van der Waals surface area contributed by atoms with Gasteiger partial charge in [-0.2, -0.15) is 9.30 Å². The molecular formula is C19H19N3O5S3. The Hall–Kier alpha value is -2.34. The summed E-state index contributed by atoms with van der Waals surface area (Å²) < 4.78 is 34.6. The van der Waals surface area contributed by atoms with Gasteiger partial charge in [0.2, 0.25) is 0 Å². The third-order valence-corrected chi connectivity index (χ3v) is 9.20. The van der Waals surface area contributed by atoms with Gasteiger partial charge in [-0.1, -0.05) is 29.5 Å². The fraction of sp³-hybridized carbons (Fsp3) is 0.316. The van der Waals surface area contributed by atoms with E-state index in [2.05, 4.69) is 4.99 Å². The minimum absolute atomic E-state index is 0.0888. The first-order chi connectivity index (χ1) is 14.4. The number of ether oxygens (including phenoxy) is 1. The summed E-state index contributed by atoms with van der Waals surface area (Å²) in [5.74, 6) is -0.993. The summed E-state index contributed by atoms with van der Waals surface area (Å²) in [6.07, 6.45) is 1.000. The average Bonchev–Trinajstić information content (AvgIpc) is 3.48. The molecule has 0 unspecified atom stereocenters. The van der Waals surface area contributed by atoms with Crippen LogP contribution in [-0.4, -0.2) is 48.9 Å². The summed E-state index contributed by atoms with van der Waals surface area (Å²) in [7, 11) is -2.45. The average molecular weight is 466 g/mol. The molecule has 11 heteroatoms. The second kappa shape index (κ2) is 8.42. The van der Waals surface area contributed by atoms with Crippen LogP contribution >= 0.6 is 22.7 Å². The molecule has 0 aliphatic carbocycles. The number of nitrogens with zero attached hydrogens (tertiary/aromatic N) is 3. The maximum atomic E-state index is 13.0. The summed E-state index contributed by atoms with van der Waals surface area (Å²) >= 11 is 2.40. The predicted octanol–water partition coefficient (Wildman–Crippen LogP) is 2.22. The lowest BCUT2D eigenvalue weighted by Gasteiger charge is -2.20. The van der Waals surface area contributed by atoms with Crippen molar-refractivity contribution in [1.29, 1.82) is 0 Å². The van der Waals surface area contributed by atoms with Gasteiger partial charge in [-0.3, -0.25) is 9.59 Å². The number of methoxy groups -OCH3 is 1. The lowest BCUT2D eigenvalue weighted by atomic mass is 10.2. The van der Waals surface area contributed by atoms with Gasteiger partial charge >= 0.3 is 5.97 Å². The van der Waals surface area contributed by atoms with Crippen molar-refractivity contribution in [3.05, 3.63) is 46.6 Å². The largest absolute Gasteiger partial charge is 0.468 e. The Balaban J connectivity index is 1.73. The number of carbonyl (C=O) groups excluding carboxylic acids is 2. The molecule has 158 valence electrons. The van der Waals surface area contributed by atoms with Gasteiger partial charge in [-0.25, -0.2) is 8.42 Å². The molecule has 0 radical (unpaired) electrons. The molecule has 30 heavy (non-hydrogen) atoms. The van der Waals surface area contributed by atoms with Gasteiger partial charge in [0.05, 0.1) is 17.3 Å². The number of benzene rings is 1. The molecule has 4 rings (SSSR count). The third kappa shape index (κ3) is 3.85. The van der Waals surface area contributed by atoms with Crippen molar-refractivity contribution < 1.29 is 22.7 Å². The summed E-state index contributed by atoms with van der Waals surface area (Å²) in [5, 5.41) is 1.69. The number of rotatable bonds is 5. The summed E-state index contributed by atoms with van der Waals surface area (Å²) in [6.45, 7) is 0.190. The lowest BCUT2D eigenvalue weighted by molar-refractivity contribution is -0.141. The Morgan fingerprint density at radius 1 is 1.23 bits per heavy atom. The van der Waals surface area contributed by atoms with Crippen LogP contribution in [0.25, 0.3) is 10.2 Å². The highest BCUT2D eigenvalue weighted by atomic mass is 32.2. The first-order valence-corrected chi connectivity index (χ1v) is 12.3. The summed E-state index contributed by atoms with van der Waals surface area (Å²) in [6, 6.07) is 9.76. The molecule has 0 bridgehead atoms. The highest BCUT2D eigenvalue weighted by molar-refractivity contribution is 7.91. The number of fused-ring (bicyclic) bond motifs is 1. The number of thiazole rings is 1. The van der Waals surface area contributed by atoms with Crippen molar-refractivity contribution in [3.8, 4) is 0 Å². The quantitative estimate of drug-likeness (QED) is 0.538. The Morgan fingerprint density at radius 2 is 2.03 bits per heavy atom. The van der Waals surface area contributed by atoms with Gasteiger partial charge in [0.15, 0.2) is 4.80 Å². The van der Waals surface area contributed by atoms with Crippen molar-refractivity contribution in [1.82, 2.24) is 8.87 Å². The topological polar surface area (TPSA) is 98.0 Å². The highest BCUT2D eigenvalue weighted by Crippen LogP contribution is 2.29. The van der Waals surface area contributed by atoms with Crippen LogP contribution in [0.1, 0.15) is 12.8 Å². The molecular weight excluding hydrogens is 446 g/mol. The molecule has 1 fully saturated rings. The van der Waals surface area contributed by atoms with Gasteiger partial charge in [0.1, 0.15) is 16.8 Å². The standard InChI is InChI=1S/C19H19N3O5S3/c1-27-16(23)12-21-13-6-2-3-8-15(13)29-19(21)20-18(24)14-7-4-10-22(14)30(25,26)17-9-5-11-28-17/h2-3,5-6,8-9,11,14H,4,7,10,12H2,1H3/t14-/m0/s1. The molecule has 1 aromatic carbocycles. The zero-order valence-corrected chi connectivity index (χ0v) is 18.5. The van der Waals surface area contributed by atoms with Crippen LogP contribution < -0.4 is 4.80 Å². The van der Waals surface area contributed by atoms with Crippen LogP contribution in [0, 0.1) is 0 Å². The van der Waals surface area contributed by atoms with E-state index < -0.39 is 27.9 Å². The zero-order valence-electron chi connectivity index (χ0n) is 16.1. The van der Waals surface area contributed by atoms with Gasteiger partial charge in [0.25, 0.3) is 15.9 Å². The van der Waals surface area contributed by atoms with Gasteiger partial charge < -0.3 is 9.30 Å². The molecule has 2 aromatic heterocycles. The van der Waals surface area contributed by atoms with Gasteiger partial charge in [0, 0.05) is 6.54 Å². The van der Waals surface area contributed by atoms with Crippen LogP contribution in [-0.2, 0) is 30.9 Å². The molecule has 1 saturated heterocycles. The van der Waals surface area contributed by atoms with Crippen LogP contribution in [0.5, 0.6) is 0 Å². The van der Waals surface area contributed by atoms with E-state index in [9.17, 15) is 18.0 Å². The molecule has 3 heterocycles. The van der Waals surface area contributed by atoms with E-state index in [1.54, 1.807) is 16.0 Å². The number of esters is 1. The van der Waals surface area contributed by atoms with E-state index in [-0.39, 0.29) is 17.3 Å². The number of hydrogen-bond donors (Lipinski definition) is 0. The smallest absolute Gasteiger partial charge is 0.325 e. The SMILES string of the molecule is COC(=O)Cn1c(=NC(=O)[C@@H]2CCCN2S(=O)(=O)c2cccs2)sc2ccccc21. The lowest BCUT2D eigenvalue weighted by Crippen LogP contribution is -2.40. The Morgan fingerprint density at radius 3 is 2.77 bits per heavy atom. The van der Waals surface area contributed by atoms with Crippen LogP contribution in [0.15, 0.2) is 51.0 Å². The van der Waals surface area contributed by atoms with Crippen molar-refractivity contribution in [3.63, 3.8) is 0 Å². The van der Waals surface area contributed by atoms with E-state index in [4.69, 9.17) is 4.74 Å². The van der Waals surface area contributed by atoms with Crippen molar-refractivity contribution in [2.75, 3.05) is 13.7 Å². The van der Waals surface area contributed by atoms with Crippen molar-refractivity contribution in [2.24, 2.45) is 4.99 Å². The molecule has 1 aliphatic heterocycles. The molecule has 3 aromatic rings. The number of sulfonamides is 1. The first kappa shape index (κ1) is 20.9. The second-order valence-corrected chi connectivity index (χ2v) is 10.7. The molecule has 0 saturated carbocycles. The molecule has 1 aliphatic rings. The maximum Gasteiger partial charge on any atom is 0.325 e. The van der Waals surface area contributed by atoms with Crippen molar-refractivity contribution >= 4 is 54.8 Å². The third-order valence-electron chi connectivity index (χ3n) is 4.86. The van der Waals surface area contributed by atoms with E-state index in [0.717, 1.165) is 21.6 Å². The Labute approximate surface area is 181 Å². The maximum absolute atomic E-state index is 13.0. The van der Waals surface area contributed by atoms with E-state index >= 15 is 0 Å². The number of thiophene rings is 1. The minimum atomic E-state index is -3.75. The number of carbonyl (C=O) groups is 2. The summed E-state index contributed by atoms with van der Waals surface area (Å²) in [5.41, 5.74) is 0.758. The number of aromatic nitrogens is 1. The van der Waals surface area contributed by atoms with Crippen molar-refractivity contribution in [2.45, 2.75) is 29.6 Å². The van der Waals surface area contributed by atoms with Gasteiger partial charge in [-0.05, 0) is 36.4 Å². The number of amides is 1. The molecule has 1 amide bonds. The molecule has 0 N–H and O–H groups in total. The number of para-hydroxylation sites is 1. The van der Waals surface area contributed by atoms with E-state index in [1.807, 2.05) is 24.3 Å². The van der Waals surface area contributed by atoms with E-state index in [1.165, 1.54) is 28.8 Å². The summed E-state index contributed by atoms with van der Waals surface area (Å²) in [4.78, 5) is 29.5. The van der Waals surface area contributed by atoms with Gasteiger partial charge in [-0.15, -0.1) is 11.3 Å². The molecule has 8 nitrogen and oxygen atoms in total. The normalized spacial score (nSPS) is 18.2.